The topological polar surface area (TPSA) is 47.6 Å². The number of nitrogens with one attached hydrogen (secondary N) is 1. The molecule has 2 aromatic carbocycles. The molecule has 24 heavy (non-hydrogen) atoms. The number of benzene rings is 2. The van der Waals surface area contributed by atoms with E-state index in [9.17, 15) is 4.79 Å². The number of carbonyl (C=O) groups excluding carboxylic acids is 1. The van der Waals surface area contributed by atoms with E-state index in [1.54, 1.807) is 20.3 Å². The van der Waals surface area contributed by atoms with Crippen LogP contribution < -0.4 is 14.8 Å². The Bertz CT molecular complexity index is 767. The van der Waals surface area contributed by atoms with Gasteiger partial charge in [0.2, 0.25) is 5.91 Å². The minimum Gasteiger partial charge on any atom is -0.493 e. The third kappa shape index (κ3) is 2.94. The summed E-state index contributed by atoms with van der Waals surface area (Å²) >= 11 is 5.95. The lowest BCUT2D eigenvalue weighted by Crippen LogP contribution is -2.28. The van der Waals surface area contributed by atoms with Crippen LogP contribution in [0.3, 0.4) is 0 Å². The standard InChI is InChI=1S/C19H20ClNO3/c1-12-10-16(23-2)17(24-3)11-15(12)21-18(22)19(8-9-19)13-4-6-14(20)7-5-13/h4-7,10-11H,8-9H2,1-3H3,(H,21,22). The van der Waals surface area contributed by atoms with Gasteiger partial charge < -0.3 is 14.8 Å². The first-order valence-electron chi connectivity index (χ1n) is 7.80. The Kier molecular flexibility index (Phi) is 4.41. The SMILES string of the molecule is COc1cc(C)c(NC(=O)C2(c3ccc(Cl)cc3)CC2)cc1OC. The van der Waals surface area contributed by atoms with Crippen LogP contribution in [0.4, 0.5) is 5.69 Å². The Labute approximate surface area is 146 Å². The van der Waals surface area contributed by atoms with E-state index in [4.69, 9.17) is 21.1 Å². The van der Waals surface area contributed by atoms with Gasteiger partial charge in [-0.25, -0.2) is 0 Å². The zero-order valence-corrected chi connectivity index (χ0v) is 14.7. The normalized spacial score (nSPS) is 14.8. The second-order valence-electron chi connectivity index (χ2n) is 6.07. The molecule has 0 spiro atoms. The number of hydrogen-bond donors (Lipinski definition) is 1. The maximum atomic E-state index is 12.9. The molecular weight excluding hydrogens is 326 g/mol. The monoisotopic (exact) mass is 345 g/mol. The average Bonchev–Trinajstić information content (AvgIpc) is 3.38. The maximum absolute atomic E-state index is 12.9. The Hall–Kier alpha value is -2.20. The summed E-state index contributed by atoms with van der Waals surface area (Å²) in [6.07, 6.45) is 1.68. The largest absolute Gasteiger partial charge is 0.493 e. The van der Waals surface area contributed by atoms with Crippen molar-refractivity contribution in [2.45, 2.75) is 25.2 Å². The molecule has 0 aromatic heterocycles. The number of amides is 1. The Balaban J connectivity index is 1.86. The van der Waals surface area contributed by atoms with Crippen LogP contribution in [0.15, 0.2) is 36.4 Å². The van der Waals surface area contributed by atoms with Crippen LogP contribution in [-0.2, 0) is 10.2 Å². The van der Waals surface area contributed by atoms with E-state index in [0.29, 0.717) is 16.5 Å². The van der Waals surface area contributed by atoms with E-state index < -0.39 is 5.41 Å². The molecule has 0 radical (unpaired) electrons. The Morgan fingerprint density at radius 1 is 1.08 bits per heavy atom. The molecule has 5 heteroatoms. The summed E-state index contributed by atoms with van der Waals surface area (Å²) < 4.78 is 10.6. The van der Waals surface area contributed by atoms with Gasteiger partial charge >= 0.3 is 0 Å². The lowest BCUT2D eigenvalue weighted by atomic mass is 9.95. The number of ether oxygens (including phenoxy) is 2. The summed E-state index contributed by atoms with van der Waals surface area (Å²) in [5, 5.41) is 3.72. The van der Waals surface area contributed by atoms with Gasteiger partial charge in [-0.15, -0.1) is 0 Å². The van der Waals surface area contributed by atoms with Gasteiger partial charge in [0, 0.05) is 16.8 Å². The lowest BCUT2D eigenvalue weighted by molar-refractivity contribution is -0.118. The molecule has 1 N–H and O–H groups in total. The number of rotatable bonds is 5. The fourth-order valence-electron chi connectivity index (χ4n) is 2.90. The molecule has 0 saturated heterocycles. The molecule has 0 aliphatic heterocycles. The summed E-state index contributed by atoms with van der Waals surface area (Å²) in [4.78, 5) is 12.9. The third-order valence-electron chi connectivity index (χ3n) is 4.56. The number of carbonyl (C=O) groups is 1. The summed E-state index contributed by atoms with van der Waals surface area (Å²) in [7, 11) is 3.17. The molecule has 1 aliphatic carbocycles. The Morgan fingerprint density at radius 3 is 2.21 bits per heavy atom. The van der Waals surface area contributed by atoms with E-state index in [0.717, 1.165) is 29.7 Å². The molecule has 4 nitrogen and oxygen atoms in total. The summed E-state index contributed by atoms with van der Waals surface area (Å²) in [5.74, 6) is 1.24. The Morgan fingerprint density at radius 2 is 1.67 bits per heavy atom. The highest BCUT2D eigenvalue weighted by Crippen LogP contribution is 2.49. The van der Waals surface area contributed by atoms with E-state index in [2.05, 4.69) is 5.32 Å². The van der Waals surface area contributed by atoms with Crippen LogP contribution in [0.5, 0.6) is 11.5 Å². The van der Waals surface area contributed by atoms with Crippen molar-refractivity contribution in [3.05, 3.63) is 52.5 Å². The van der Waals surface area contributed by atoms with Gasteiger partial charge in [-0.2, -0.15) is 0 Å². The van der Waals surface area contributed by atoms with E-state index >= 15 is 0 Å². The molecule has 0 heterocycles. The summed E-state index contributed by atoms with van der Waals surface area (Å²) in [6.45, 7) is 1.93. The minimum atomic E-state index is -0.454. The molecule has 1 amide bonds. The molecule has 1 saturated carbocycles. The predicted molar refractivity (Wildman–Crippen MR) is 95.3 cm³/mol. The molecular formula is C19H20ClNO3. The van der Waals surface area contributed by atoms with Crippen LogP contribution in [0.1, 0.15) is 24.0 Å². The molecule has 0 atom stereocenters. The molecule has 0 bridgehead atoms. The van der Waals surface area contributed by atoms with Gasteiger partial charge in [-0.05, 0) is 49.1 Å². The van der Waals surface area contributed by atoms with Gasteiger partial charge in [-0.1, -0.05) is 23.7 Å². The van der Waals surface area contributed by atoms with Gasteiger partial charge in [0.25, 0.3) is 0 Å². The first kappa shape index (κ1) is 16.7. The van der Waals surface area contributed by atoms with E-state index in [1.807, 2.05) is 37.3 Å². The number of methoxy groups -OCH3 is 2. The van der Waals surface area contributed by atoms with E-state index in [-0.39, 0.29) is 5.91 Å². The fourth-order valence-corrected chi connectivity index (χ4v) is 3.02. The highest BCUT2D eigenvalue weighted by atomic mass is 35.5. The van der Waals surface area contributed by atoms with Crippen molar-refractivity contribution in [1.29, 1.82) is 0 Å². The van der Waals surface area contributed by atoms with Gasteiger partial charge in [0.15, 0.2) is 11.5 Å². The zero-order valence-electron chi connectivity index (χ0n) is 14.0. The van der Waals surface area contributed by atoms with Crippen molar-refractivity contribution in [3.8, 4) is 11.5 Å². The molecule has 1 fully saturated rings. The molecule has 2 aromatic rings. The predicted octanol–water partition coefficient (Wildman–Crippen LogP) is 4.34. The lowest BCUT2D eigenvalue weighted by Gasteiger charge is -2.18. The van der Waals surface area contributed by atoms with E-state index in [1.165, 1.54) is 0 Å². The van der Waals surface area contributed by atoms with Crippen molar-refractivity contribution < 1.29 is 14.3 Å². The van der Waals surface area contributed by atoms with Crippen LogP contribution in [-0.4, -0.2) is 20.1 Å². The number of anilines is 1. The molecule has 1 aliphatic rings. The van der Waals surface area contributed by atoms with Gasteiger partial charge in [-0.3, -0.25) is 4.79 Å². The summed E-state index contributed by atoms with van der Waals surface area (Å²) in [5.41, 5.74) is 2.21. The minimum absolute atomic E-state index is 0.000132. The van der Waals surface area contributed by atoms with Crippen molar-refractivity contribution in [3.63, 3.8) is 0 Å². The number of aryl methyl sites for hydroxylation is 1. The highest BCUT2D eigenvalue weighted by molar-refractivity contribution is 6.30. The zero-order chi connectivity index (χ0) is 17.3. The maximum Gasteiger partial charge on any atom is 0.235 e. The van der Waals surface area contributed by atoms with Crippen LogP contribution in [0, 0.1) is 6.92 Å². The van der Waals surface area contributed by atoms with Crippen LogP contribution in [0.25, 0.3) is 0 Å². The van der Waals surface area contributed by atoms with Crippen molar-refractivity contribution in [1.82, 2.24) is 0 Å². The highest BCUT2D eigenvalue weighted by Gasteiger charge is 2.51. The second kappa shape index (κ2) is 6.36. The number of halogens is 1. The fraction of sp³-hybridized carbons (Fsp3) is 0.316. The van der Waals surface area contributed by atoms with Crippen molar-refractivity contribution in [2.75, 3.05) is 19.5 Å². The quantitative estimate of drug-likeness (QED) is 0.877. The first-order valence-corrected chi connectivity index (χ1v) is 8.18. The van der Waals surface area contributed by atoms with Crippen molar-refractivity contribution >= 4 is 23.2 Å². The molecule has 0 unspecified atom stereocenters. The van der Waals surface area contributed by atoms with Gasteiger partial charge in [0.1, 0.15) is 0 Å². The number of hydrogen-bond acceptors (Lipinski definition) is 3. The first-order chi connectivity index (χ1) is 11.5. The summed E-state index contributed by atoms with van der Waals surface area (Å²) in [6, 6.07) is 11.2. The molecule has 126 valence electrons. The van der Waals surface area contributed by atoms with Crippen molar-refractivity contribution in [2.24, 2.45) is 0 Å². The van der Waals surface area contributed by atoms with Crippen LogP contribution in [0.2, 0.25) is 5.02 Å². The van der Waals surface area contributed by atoms with Crippen LogP contribution >= 0.6 is 11.6 Å². The average molecular weight is 346 g/mol. The second-order valence-corrected chi connectivity index (χ2v) is 6.50. The third-order valence-corrected chi connectivity index (χ3v) is 4.81. The smallest absolute Gasteiger partial charge is 0.235 e. The van der Waals surface area contributed by atoms with Gasteiger partial charge in [0.05, 0.1) is 19.6 Å². The molecule has 3 rings (SSSR count).